The summed E-state index contributed by atoms with van der Waals surface area (Å²) in [4.78, 5) is 3.67. The molecule has 90 valence electrons. The summed E-state index contributed by atoms with van der Waals surface area (Å²) in [6.07, 6.45) is 0. The van der Waals surface area contributed by atoms with E-state index in [4.69, 9.17) is 5.73 Å². The van der Waals surface area contributed by atoms with Gasteiger partial charge in [0.25, 0.3) is 0 Å². The summed E-state index contributed by atoms with van der Waals surface area (Å²) < 4.78 is 0. The van der Waals surface area contributed by atoms with Crippen LogP contribution in [0.5, 0.6) is 0 Å². The predicted molar refractivity (Wildman–Crippen MR) is 75.5 cm³/mol. The van der Waals surface area contributed by atoms with Crippen LogP contribution >= 0.6 is 11.3 Å². The van der Waals surface area contributed by atoms with Gasteiger partial charge in [-0.15, -0.1) is 11.3 Å². The van der Waals surface area contributed by atoms with Gasteiger partial charge in [0.2, 0.25) is 0 Å². The number of nitrogens with two attached hydrogens (primary N) is 1. The van der Waals surface area contributed by atoms with Gasteiger partial charge in [0.05, 0.1) is 6.04 Å². The van der Waals surface area contributed by atoms with Crippen LogP contribution in [0.2, 0.25) is 0 Å². The van der Waals surface area contributed by atoms with Crippen LogP contribution in [0.3, 0.4) is 0 Å². The van der Waals surface area contributed by atoms with Crippen molar-refractivity contribution in [1.82, 2.24) is 0 Å². The predicted octanol–water partition coefficient (Wildman–Crippen LogP) is 3.40. The molecule has 0 aliphatic carbocycles. The minimum Gasteiger partial charge on any atom is -0.367 e. The molecule has 0 saturated heterocycles. The van der Waals surface area contributed by atoms with E-state index in [-0.39, 0.29) is 0 Å². The van der Waals surface area contributed by atoms with Crippen LogP contribution in [0.25, 0.3) is 0 Å². The fourth-order valence-corrected chi connectivity index (χ4v) is 2.64. The average molecular weight is 246 g/mol. The van der Waals surface area contributed by atoms with Crippen LogP contribution in [0.15, 0.2) is 41.8 Å². The zero-order chi connectivity index (χ0) is 12.3. The lowest BCUT2D eigenvalue weighted by Crippen LogP contribution is -2.20. The van der Waals surface area contributed by atoms with Crippen molar-refractivity contribution in [2.24, 2.45) is 5.73 Å². The third-order valence-corrected chi connectivity index (χ3v) is 4.16. The molecule has 1 atom stereocenters. The standard InChI is InChI=1S/C14H18N2S/c1-11(14-4-3-9-17-14)16(2)13-7-5-12(10-15)6-8-13/h3-9,11H,10,15H2,1-2H3. The molecule has 0 aliphatic heterocycles. The van der Waals surface area contributed by atoms with Gasteiger partial charge >= 0.3 is 0 Å². The summed E-state index contributed by atoms with van der Waals surface area (Å²) in [5.41, 5.74) is 8.00. The maximum Gasteiger partial charge on any atom is 0.0603 e. The third kappa shape index (κ3) is 2.68. The maximum atomic E-state index is 5.60. The van der Waals surface area contributed by atoms with E-state index in [1.54, 1.807) is 11.3 Å². The van der Waals surface area contributed by atoms with Crippen molar-refractivity contribution in [3.05, 3.63) is 52.2 Å². The first-order valence-corrected chi connectivity index (χ1v) is 6.65. The first-order chi connectivity index (χ1) is 8.22. The highest BCUT2D eigenvalue weighted by Crippen LogP contribution is 2.28. The number of hydrogen-bond acceptors (Lipinski definition) is 3. The Kier molecular flexibility index (Phi) is 3.82. The monoisotopic (exact) mass is 246 g/mol. The molecule has 0 spiro atoms. The van der Waals surface area contributed by atoms with Gasteiger partial charge in [-0.1, -0.05) is 18.2 Å². The smallest absolute Gasteiger partial charge is 0.0603 e. The summed E-state index contributed by atoms with van der Waals surface area (Å²) in [5.74, 6) is 0. The van der Waals surface area contributed by atoms with Crippen LogP contribution < -0.4 is 10.6 Å². The molecular weight excluding hydrogens is 228 g/mol. The van der Waals surface area contributed by atoms with Gasteiger partial charge in [-0.3, -0.25) is 0 Å². The summed E-state index contributed by atoms with van der Waals surface area (Å²) in [7, 11) is 2.13. The van der Waals surface area contributed by atoms with Crippen LogP contribution in [-0.2, 0) is 6.54 Å². The van der Waals surface area contributed by atoms with Crippen molar-refractivity contribution in [1.29, 1.82) is 0 Å². The first-order valence-electron chi connectivity index (χ1n) is 5.77. The van der Waals surface area contributed by atoms with E-state index in [9.17, 15) is 0 Å². The zero-order valence-corrected chi connectivity index (χ0v) is 11.1. The summed E-state index contributed by atoms with van der Waals surface area (Å²) in [5, 5.41) is 2.12. The molecule has 0 radical (unpaired) electrons. The molecule has 2 aromatic rings. The van der Waals surface area contributed by atoms with Crippen molar-refractivity contribution in [2.45, 2.75) is 19.5 Å². The number of thiophene rings is 1. The average Bonchev–Trinajstić information content (AvgIpc) is 2.91. The van der Waals surface area contributed by atoms with Crippen LogP contribution in [-0.4, -0.2) is 7.05 Å². The molecule has 2 N–H and O–H groups in total. The molecule has 0 aliphatic rings. The summed E-state index contributed by atoms with van der Waals surface area (Å²) in [6, 6.07) is 13.1. The highest BCUT2D eigenvalue weighted by atomic mass is 32.1. The van der Waals surface area contributed by atoms with Crippen LogP contribution in [0.4, 0.5) is 5.69 Å². The van der Waals surface area contributed by atoms with E-state index in [0.29, 0.717) is 12.6 Å². The van der Waals surface area contributed by atoms with Gasteiger partial charge < -0.3 is 10.6 Å². The second kappa shape index (κ2) is 5.34. The lowest BCUT2D eigenvalue weighted by atomic mass is 10.1. The highest BCUT2D eigenvalue weighted by molar-refractivity contribution is 7.10. The van der Waals surface area contributed by atoms with Crippen molar-refractivity contribution in [3.63, 3.8) is 0 Å². The quantitative estimate of drug-likeness (QED) is 0.896. The molecule has 1 unspecified atom stereocenters. The minimum atomic E-state index is 0.402. The summed E-state index contributed by atoms with van der Waals surface area (Å²) in [6.45, 7) is 2.83. The molecular formula is C14H18N2S. The number of hydrogen-bond donors (Lipinski definition) is 1. The fourth-order valence-electron chi connectivity index (χ4n) is 1.81. The second-order valence-corrected chi connectivity index (χ2v) is 5.15. The van der Waals surface area contributed by atoms with E-state index in [1.807, 2.05) is 0 Å². The van der Waals surface area contributed by atoms with Crippen molar-refractivity contribution in [3.8, 4) is 0 Å². The molecule has 1 aromatic heterocycles. The lowest BCUT2D eigenvalue weighted by Gasteiger charge is -2.26. The number of anilines is 1. The van der Waals surface area contributed by atoms with Gasteiger partial charge in [0.1, 0.15) is 0 Å². The molecule has 0 saturated carbocycles. The SMILES string of the molecule is CC(c1cccs1)N(C)c1ccc(CN)cc1. The molecule has 1 aromatic carbocycles. The number of rotatable bonds is 4. The van der Waals surface area contributed by atoms with Gasteiger partial charge in [-0.05, 0) is 36.1 Å². The molecule has 0 amide bonds. The Morgan fingerprint density at radius 1 is 1.24 bits per heavy atom. The van der Waals surface area contributed by atoms with Gasteiger partial charge in [0, 0.05) is 24.2 Å². The van der Waals surface area contributed by atoms with Crippen molar-refractivity contribution < 1.29 is 0 Å². The second-order valence-electron chi connectivity index (χ2n) is 4.17. The molecule has 0 bridgehead atoms. The molecule has 2 nitrogen and oxygen atoms in total. The Morgan fingerprint density at radius 3 is 2.47 bits per heavy atom. The normalized spacial score (nSPS) is 12.4. The Bertz CT molecular complexity index is 448. The first kappa shape index (κ1) is 12.1. The lowest BCUT2D eigenvalue weighted by molar-refractivity contribution is 0.754. The van der Waals surface area contributed by atoms with Gasteiger partial charge in [-0.2, -0.15) is 0 Å². The van der Waals surface area contributed by atoms with E-state index in [0.717, 1.165) is 0 Å². The fraction of sp³-hybridized carbons (Fsp3) is 0.286. The Labute approximate surface area is 107 Å². The Hall–Kier alpha value is -1.32. The molecule has 1 heterocycles. The van der Waals surface area contributed by atoms with Crippen LogP contribution in [0, 0.1) is 0 Å². The topological polar surface area (TPSA) is 29.3 Å². The molecule has 0 fully saturated rings. The molecule has 2 rings (SSSR count). The molecule has 3 heteroatoms. The number of benzene rings is 1. The number of nitrogens with zero attached hydrogens (tertiary/aromatic N) is 1. The van der Waals surface area contributed by atoms with E-state index in [1.165, 1.54) is 16.1 Å². The Balaban J connectivity index is 2.16. The maximum absolute atomic E-state index is 5.60. The van der Waals surface area contributed by atoms with Gasteiger partial charge in [-0.25, -0.2) is 0 Å². The third-order valence-electron chi connectivity index (χ3n) is 3.12. The van der Waals surface area contributed by atoms with Gasteiger partial charge in [0.15, 0.2) is 0 Å². The molecule has 17 heavy (non-hydrogen) atoms. The summed E-state index contributed by atoms with van der Waals surface area (Å²) >= 11 is 1.80. The van der Waals surface area contributed by atoms with E-state index >= 15 is 0 Å². The Morgan fingerprint density at radius 2 is 1.94 bits per heavy atom. The largest absolute Gasteiger partial charge is 0.367 e. The minimum absolute atomic E-state index is 0.402. The van der Waals surface area contributed by atoms with E-state index < -0.39 is 0 Å². The van der Waals surface area contributed by atoms with Crippen molar-refractivity contribution in [2.75, 3.05) is 11.9 Å². The van der Waals surface area contributed by atoms with E-state index in [2.05, 4.69) is 60.6 Å². The zero-order valence-electron chi connectivity index (χ0n) is 10.3. The highest BCUT2D eigenvalue weighted by Gasteiger charge is 2.12. The van der Waals surface area contributed by atoms with Crippen LogP contribution in [0.1, 0.15) is 23.4 Å². The van der Waals surface area contributed by atoms with Crippen molar-refractivity contribution >= 4 is 17.0 Å².